The Hall–Kier alpha value is -0.570. The first-order valence-electron chi connectivity index (χ1n) is 5.39. The predicted octanol–water partition coefficient (Wildman–Crippen LogP) is 2.35. The molecule has 2 atom stereocenters. The van der Waals surface area contributed by atoms with E-state index in [1.165, 1.54) is 0 Å². The van der Waals surface area contributed by atoms with E-state index in [4.69, 9.17) is 9.47 Å². The van der Waals surface area contributed by atoms with Gasteiger partial charge in [-0.15, -0.1) is 0 Å². The minimum atomic E-state index is -0.301. The summed E-state index contributed by atoms with van der Waals surface area (Å²) in [6.45, 7) is 6.88. The largest absolute Gasteiger partial charge is 0.436 e. The maximum absolute atomic E-state index is 11.3. The van der Waals surface area contributed by atoms with E-state index in [1.54, 1.807) is 0 Å². The second-order valence-electron chi connectivity index (χ2n) is 4.52. The Balaban J connectivity index is 2.25. The molecule has 1 aliphatic rings. The highest BCUT2D eigenvalue weighted by molar-refractivity contribution is 5.69. The minimum Gasteiger partial charge on any atom is -0.436 e. The van der Waals surface area contributed by atoms with Crippen molar-refractivity contribution in [2.24, 2.45) is 11.8 Å². The Labute approximate surface area is 85.8 Å². The molecule has 3 heteroatoms. The van der Waals surface area contributed by atoms with Gasteiger partial charge in [-0.25, -0.2) is 0 Å². The van der Waals surface area contributed by atoms with E-state index in [2.05, 4.69) is 6.92 Å². The molecule has 1 aliphatic heterocycles. The van der Waals surface area contributed by atoms with Gasteiger partial charge in [0.2, 0.25) is 6.29 Å². The van der Waals surface area contributed by atoms with Gasteiger partial charge in [-0.3, -0.25) is 4.79 Å². The van der Waals surface area contributed by atoms with Crippen LogP contribution in [0.3, 0.4) is 0 Å². The van der Waals surface area contributed by atoms with E-state index in [-0.39, 0.29) is 12.3 Å². The lowest BCUT2D eigenvalue weighted by Crippen LogP contribution is -2.29. The fraction of sp³-hybridized carbons (Fsp3) is 0.909. The molecule has 0 aromatic rings. The third-order valence-corrected chi connectivity index (χ3v) is 2.35. The number of hydrogen-bond acceptors (Lipinski definition) is 3. The molecule has 0 radical (unpaired) electrons. The molecule has 1 heterocycles. The van der Waals surface area contributed by atoms with Gasteiger partial charge in [-0.1, -0.05) is 20.8 Å². The molecular weight excluding hydrogens is 180 g/mol. The Morgan fingerprint density at radius 1 is 1.57 bits per heavy atom. The summed E-state index contributed by atoms with van der Waals surface area (Å²) in [4.78, 5) is 11.3. The average Bonchev–Trinajstić information content (AvgIpc) is 2.01. The molecule has 0 saturated carbocycles. The molecule has 1 rings (SSSR count). The van der Waals surface area contributed by atoms with Crippen molar-refractivity contribution >= 4 is 5.97 Å². The summed E-state index contributed by atoms with van der Waals surface area (Å²) in [6, 6.07) is 0. The molecule has 2 unspecified atom stereocenters. The standard InChI is InChI=1S/C11H20O3/c1-8(2)6-10(12)14-11-7-9(3)4-5-13-11/h8-9,11H,4-7H2,1-3H3. The van der Waals surface area contributed by atoms with Gasteiger partial charge in [-0.05, 0) is 18.3 Å². The molecule has 1 saturated heterocycles. The van der Waals surface area contributed by atoms with E-state index in [0.29, 0.717) is 24.9 Å². The van der Waals surface area contributed by atoms with Gasteiger partial charge in [-0.2, -0.15) is 0 Å². The van der Waals surface area contributed by atoms with Crippen LogP contribution in [0.2, 0.25) is 0 Å². The number of carbonyl (C=O) groups is 1. The summed E-state index contributed by atoms with van der Waals surface area (Å²) in [6.07, 6.45) is 2.08. The number of carbonyl (C=O) groups excluding carboxylic acids is 1. The number of ether oxygens (including phenoxy) is 2. The fourth-order valence-corrected chi connectivity index (χ4v) is 1.53. The van der Waals surface area contributed by atoms with Crippen molar-refractivity contribution in [3.63, 3.8) is 0 Å². The van der Waals surface area contributed by atoms with Crippen molar-refractivity contribution in [3.05, 3.63) is 0 Å². The van der Waals surface area contributed by atoms with Crippen molar-refractivity contribution in [2.45, 2.75) is 46.3 Å². The minimum absolute atomic E-state index is 0.140. The van der Waals surface area contributed by atoms with Gasteiger partial charge in [0.15, 0.2) is 0 Å². The maximum Gasteiger partial charge on any atom is 0.308 e. The second-order valence-corrected chi connectivity index (χ2v) is 4.52. The first-order chi connectivity index (χ1) is 6.58. The van der Waals surface area contributed by atoms with Crippen LogP contribution < -0.4 is 0 Å². The van der Waals surface area contributed by atoms with Gasteiger partial charge in [0, 0.05) is 12.8 Å². The Kier molecular flexibility index (Phi) is 4.39. The van der Waals surface area contributed by atoms with E-state index in [1.807, 2.05) is 13.8 Å². The normalized spacial score (nSPS) is 27.7. The summed E-state index contributed by atoms with van der Waals surface area (Å²) in [7, 11) is 0. The summed E-state index contributed by atoms with van der Waals surface area (Å²) in [5.74, 6) is 0.809. The fourth-order valence-electron chi connectivity index (χ4n) is 1.53. The molecule has 1 fully saturated rings. The van der Waals surface area contributed by atoms with Crippen LogP contribution in [-0.2, 0) is 14.3 Å². The number of hydrogen-bond donors (Lipinski definition) is 0. The number of esters is 1. The molecule has 3 nitrogen and oxygen atoms in total. The lowest BCUT2D eigenvalue weighted by molar-refractivity contribution is -0.192. The quantitative estimate of drug-likeness (QED) is 0.656. The van der Waals surface area contributed by atoms with Crippen LogP contribution in [0.25, 0.3) is 0 Å². The van der Waals surface area contributed by atoms with Gasteiger partial charge in [0.05, 0.1) is 6.61 Å². The maximum atomic E-state index is 11.3. The third-order valence-electron chi connectivity index (χ3n) is 2.35. The van der Waals surface area contributed by atoms with Crippen molar-refractivity contribution < 1.29 is 14.3 Å². The first-order valence-corrected chi connectivity index (χ1v) is 5.39. The highest BCUT2D eigenvalue weighted by atomic mass is 16.7. The van der Waals surface area contributed by atoms with Crippen molar-refractivity contribution in [1.29, 1.82) is 0 Å². The molecular formula is C11H20O3. The second kappa shape index (κ2) is 5.35. The van der Waals surface area contributed by atoms with Crippen LogP contribution in [0.15, 0.2) is 0 Å². The zero-order chi connectivity index (χ0) is 10.6. The van der Waals surface area contributed by atoms with Crippen LogP contribution in [0.4, 0.5) is 0 Å². The SMILES string of the molecule is CC(C)CC(=O)OC1CC(C)CCO1. The van der Waals surface area contributed by atoms with Crippen LogP contribution in [0.5, 0.6) is 0 Å². The summed E-state index contributed by atoms with van der Waals surface area (Å²) in [5, 5.41) is 0. The van der Waals surface area contributed by atoms with Gasteiger partial charge in [0.25, 0.3) is 0 Å². The lowest BCUT2D eigenvalue weighted by atomic mass is 10.0. The summed E-state index contributed by atoms with van der Waals surface area (Å²) >= 11 is 0. The van der Waals surface area contributed by atoms with E-state index < -0.39 is 0 Å². The van der Waals surface area contributed by atoms with E-state index in [0.717, 1.165) is 12.8 Å². The van der Waals surface area contributed by atoms with Gasteiger partial charge >= 0.3 is 5.97 Å². The van der Waals surface area contributed by atoms with Crippen LogP contribution in [0.1, 0.15) is 40.0 Å². The van der Waals surface area contributed by atoms with Crippen LogP contribution in [0, 0.1) is 11.8 Å². The smallest absolute Gasteiger partial charge is 0.308 e. The highest BCUT2D eigenvalue weighted by Crippen LogP contribution is 2.20. The van der Waals surface area contributed by atoms with Crippen molar-refractivity contribution in [1.82, 2.24) is 0 Å². The molecule has 0 aliphatic carbocycles. The number of rotatable bonds is 3. The molecule has 0 aromatic heterocycles. The zero-order valence-electron chi connectivity index (χ0n) is 9.29. The molecule has 0 aromatic carbocycles. The average molecular weight is 200 g/mol. The highest BCUT2D eigenvalue weighted by Gasteiger charge is 2.22. The molecule has 0 spiro atoms. The van der Waals surface area contributed by atoms with Crippen molar-refractivity contribution in [2.75, 3.05) is 6.61 Å². The molecule has 0 amide bonds. The van der Waals surface area contributed by atoms with Gasteiger partial charge < -0.3 is 9.47 Å². The third kappa shape index (κ3) is 4.09. The van der Waals surface area contributed by atoms with Gasteiger partial charge in [0.1, 0.15) is 0 Å². The zero-order valence-corrected chi connectivity index (χ0v) is 9.29. The summed E-state index contributed by atoms with van der Waals surface area (Å²) in [5.41, 5.74) is 0. The Bertz CT molecular complexity index is 189. The lowest BCUT2D eigenvalue weighted by Gasteiger charge is -2.26. The first kappa shape index (κ1) is 11.5. The van der Waals surface area contributed by atoms with E-state index in [9.17, 15) is 4.79 Å². The molecule has 14 heavy (non-hydrogen) atoms. The topological polar surface area (TPSA) is 35.5 Å². The molecule has 0 N–H and O–H groups in total. The Morgan fingerprint density at radius 2 is 2.29 bits per heavy atom. The molecule has 82 valence electrons. The van der Waals surface area contributed by atoms with E-state index >= 15 is 0 Å². The monoisotopic (exact) mass is 200 g/mol. The van der Waals surface area contributed by atoms with Crippen LogP contribution in [-0.4, -0.2) is 18.9 Å². The molecule has 0 bridgehead atoms. The Morgan fingerprint density at radius 3 is 2.86 bits per heavy atom. The van der Waals surface area contributed by atoms with Crippen molar-refractivity contribution in [3.8, 4) is 0 Å². The predicted molar refractivity (Wildman–Crippen MR) is 53.7 cm³/mol. The summed E-state index contributed by atoms with van der Waals surface area (Å²) < 4.78 is 10.6. The van der Waals surface area contributed by atoms with Crippen LogP contribution >= 0.6 is 0 Å².